The van der Waals surface area contributed by atoms with Gasteiger partial charge in [0.1, 0.15) is 5.71 Å². The lowest BCUT2D eigenvalue weighted by molar-refractivity contribution is -0.102. The number of para-hydroxylation sites is 1. The molecule has 2 N–H and O–H groups in total. The highest BCUT2D eigenvalue weighted by atomic mass is 16.3. The fourth-order valence-electron chi connectivity index (χ4n) is 2.33. The number of aryl methyl sites for hydroxylation is 1. The number of carbonyl (C=O) groups is 1. The van der Waals surface area contributed by atoms with E-state index in [1.54, 1.807) is 12.1 Å². The van der Waals surface area contributed by atoms with E-state index in [-0.39, 0.29) is 11.6 Å². The summed E-state index contributed by atoms with van der Waals surface area (Å²) in [6, 6.07) is 14.9. The molecular weight excluding hydrogens is 264 g/mol. The Morgan fingerprint density at radius 1 is 1.19 bits per heavy atom. The van der Waals surface area contributed by atoms with Crippen LogP contribution in [-0.4, -0.2) is 22.1 Å². The second kappa shape index (κ2) is 5.25. The average molecular weight is 278 g/mol. The Bertz CT molecular complexity index is 833. The molecule has 4 heteroatoms. The van der Waals surface area contributed by atoms with Crippen molar-refractivity contribution in [1.29, 1.82) is 0 Å². The minimum Gasteiger partial charge on any atom is -0.494 e. The van der Waals surface area contributed by atoms with Crippen LogP contribution in [0.2, 0.25) is 0 Å². The summed E-state index contributed by atoms with van der Waals surface area (Å²) < 4.78 is 0. The number of aldehydes is 1. The molecule has 0 bridgehead atoms. The van der Waals surface area contributed by atoms with Crippen LogP contribution in [0.3, 0.4) is 0 Å². The van der Waals surface area contributed by atoms with Crippen LogP contribution in [0.25, 0.3) is 10.9 Å². The predicted molar refractivity (Wildman–Crippen MR) is 83.4 cm³/mol. The van der Waals surface area contributed by atoms with Gasteiger partial charge in [0.15, 0.2) is 12.2 Å². The molecule has 0 unspecified atom stereocenters. The van der Waals surface area contributed by atoms with Gasteiger partial charge >= 0.3 is 0 Å². The molecule has 2 aromatic carbocycles. The summed E-state index contributed by atoms with van der Waals surface area (Å²) in [6.07, 6.45) is 0.664. The number of rotatable bonds is 3. The lowest BCUT2D eigenvalue weighted by Crippen LogP contribution is -2.01. The summed E-state index contributed by atoms with van der Waals surface area (Å²) in [5, 5.41) is 10.9. The molecule has 4 nitrogen and oxygen atoms in total. The Kier molecular flexibility index (Phi) is 3.28. The van der Waals surface area contributed by atoms with Crippen LogP contribution in [0, 0.1) is 6.92 Å². The molecule has 0 spiro atoms. The Hall–Kier alpha value is -2.88. The Morgan fingerprint density at radius 3 is 2.67 bits per heavy atom. The van der Waals surface area contributed by atoms with Crippen molar-refractivity contribution in [1.82, 2.24) is 4.98 Å². The molecule has 0 aliphatic carbocycles. The molecule has 3 aromatic rings. The van der Waals surface area contributed by atoms with Crippen molar-refractivity contribution in [3.05, 3.63) is 59.7 Å². The molecule has 0 amide bonds. The summed E-state index contributed by atoms with van der Waals surface area (Å²) in [6.45, 7) is 1.96. The number of benzene rings is 2. The third kappa shape index (κ3) is 2.43. The van der Waals surface area contributed by atoms with Gasteiger partial charge in [0, 0.05) is 10.9 Å². The van der Waals surface area contributed by atoms with Crippen LogP contribution in [0.1, 0.15) is 11.1 Å². The quantitative estimate of drug-likeness (QED) is 0.569. The zero-order valence-electron chi connectivity index (χ0n) is 11.5. The highest BCUT2D eigenvalue weighted by molar-refractivity contribution is 6.40. The summed E-state index contributed by atoms with van der Waals surface area (Å²) in [7, 11) is 0. The number of carbonyl (C=O) groups excluding carboxylic acids is 1. The fourth-order valence-corrected chi connectivity index (χ4v) is 2.33. The first kappa shape index (κ1) is 13.1. The van der Waals surface area contributed by atoms with Crippen molar-refractivity contribution >= 4 is 28.6 Å². The highest BCUT2D eigenvalue weighted by Gasteiger charge is 2.16. The van der Waals surface area contributed by atoms with Crippen molar-refractivity contribution in [2.75, 3.05) is 0 Å². The Balaban J connectivity index is 2.22. The van der Waals surface area contributed by atoms with Gasteiger partial charge in [0.05, 0.1) is 11.3 Å². The van der Waals surface area contributed by atoms with Crippen LogP contribution >= 0.6 is 0 Å². The maximum absolute atomic E-state index is 11.4. The maximum atomic E-state index is 11.4. The first-order chi connectivity index (χ1) is 10.2. The molecule has 104 valence electrons. The van der Waals surface area contributed by atoms with E-state index in [4.69, 9.17) is 0 Å². The second-order valence-corrected chi connectivity index (χ2v) is 4.85. The SMILES string of the molecule is Cc1ccc2[nH]c(O)c(C(C=O)=Nc3ccccc3)c2c1. The van der Waals surface area contributed by atoms with Crippen molar-refractivity contribution in [2.24, 2.45) is 4.99 Å². The summed E-state index contributed by atoms with van der Waals surface area (Å²) in [5.41, 5.74) is 3.13. The minimum atomic E-state index is -0.0441. The van der Waals surface area contributed by atoms with E-state index in [0.29, 0.717) is 17.5 Å². The van der Waals surface area contributed by atoms with Gasteiger partial charge in [-0.1, -0.05) is 29.8 Å². The number of aromatic amines is 1. The van der Waals surface area contributed by atoms with E-state index in [2.05, 4.69) is 9.98 Å². The van der Waals surface area contributed by atoms with Crippen LogP contribution in [0.5, 0.6) is 5.88 Å². The van der Waals surface area contributed by atoms with E-state index in [1.165, 1.54) is 0 Å². The number of nitrogens with one attached hydrogen (secondary N) is 1. The van der Waals surface area contributed by atoms with E-state index in [9.17, 15) is 9.90 Å². The molecule has 0 atom stereocenters. The Labute approximate surface area is 121 Å². The molecule has 3 rings (SSSR count). The monoisotopic (exact) mass is 278 g/mol. The van der Waals surface area contributed by atoms with Crippen LogP contribution in [-0.2, 0) is 4.79 Å². The third-order valence-corrected chi connectivity index (χ3v) is 3.31. The summed E-state index contributed by atoms with van der Waals surface area (Å²) in [5.74, 6) is -0.0441. The average Bonchev–Trinajstić information content (AvgIpc) is 2.81. The second-order valence-electron chi connectivity index (χ2n) is 4.85. The number of H-pyrrole nitrogens is 1. The largest absolute Gasteiger partial charge is 0.494 e. The lowest BCUT2D eigenvalue weighted by Gasteiger charge is -2.00. The number of hydrogen-bond acceptors (Lipinski definition) is 3. The molecular formula is C17H14N2O2. The van der Waals surface area contributed by atoms with Gasteiger partial charge in [-0.15, -0.1) is 0 Å². The zero-order valence-corrected chi connectivity index (χ0v) is 11.5. The summed E-state index contributed by atoms with van der Waals surface area (Å²) >= 11 is 0. The molecule has 1 heterocycles. The van der Waals surface area contributed by atoms with Gasteiger partial charge in [-0.05, 0) is 31.2 Å². The predicted octanol–water partition coefficient (Wildman–Crippen LogP) is 3.50. The number of aliphatic imine (C=N–C) groups is 1. The molecule has 0 aliphatic rings. The molecule has 0 saturated carbocycles. The van der Waals surface area contributed by atoms with E-state index < -0.39 is 0 Å². The topological polar surface area (TPSA) is 65.4 Å². The number of hydrogen-bond donors (Lipinski definition) is 2. The lowest BCUT2D eigenvalue weighted by atomic mass is 10.1. The van der Waals surface area contributed by atoms with Gasteiger partial charge in [-0.2, -0.15) is 0 Å². The van der Waals surface area contributed by atoms with Crippen molar-refractivity contribution < 1.29 is 9.90 Å². The fraction of sp³-hybridized carbons (Fsp3) is 0.0588. The number of nitrogens with zero attached hydrogens (tertiary/aromatic N) is 1. The molecule has 0 aliphatic heterocycles. The van der Waals surface area contributed by atoms with Crippen molar-refractivity contribution in [3.8, 4) is 5.88 Å². The van der Waals surface area contributed by atoms with E-state index in [0.717, 1.165) is 16.5 Å². The van der Waals surface area contributed by atoms with Gasteiger partial charge in [0.25, 0.3) is 0 Å². The number of fused-ring (bicyclic) bond motifs is 1. The van der Waals surface area contributed by atoms with Crippen LogP contribution < -0.4 is 0 Å². The Morgan fingerprint density at radius 2 is 1.95 bits per heavy atom. The highest BCUT2D eigenvalue weighted by Crippen LogP contribution is 2.29. The van der Waals surface area contributed by atoms with Gasteiger partial charge in [0.2, 0.25) is 0 Å². The molecule has 0 fully saturated rings. The van der Waals surface area contributed by atoms with E-state index in [1.807, 2.05) is 43.3 Å². The number of aromatic nitrogens is 1. The standard InChI is InChI=1S/C17H14N2O2/c1-11-7-8-14-13(9-11)16(17(21)19-14)15(10-20)18-12-5-3-2-4-6-12/h2-10,19,21H,1H3. The van der Waals surface area contributed by atoms with Gasteiger partial charge < -0.3 is 10.1 Å². The molecule has 1 aromatic heterocycles. The summed E-state index contributed by atoms with van der Waals surface area (Å²) in [4.78, 5) is 18.6. The van der Waals surface area contributed by atoms with Crippen molar-refractivity contribution in [2.45, 2.75) is 6.92 Å². The van der Waals surface area contributed by atoms with E-state index >= 15 is 0 Å². The maximum Gasteiger partial charge on any atom is 0.199 e. The first-order valence-electron chi connectivity index (χ1n) is 6.59. The zero-order chi connectivity index (χ0) is 14.8. The number of aromatic hydroxyl groups is 1. The normalized spacial score (nSPS) is 11.8. The smallest absolute Gasteiger partial charge is 0.199 e. The molecule has 0 radical (unpaired) electrons. The molecule has 21 heavy (non-hydrogen) atoms. The van der Waals surface area contributed by atoms with Gasteiger partial charge in [-0.25, -0.2) is 4.99 Å². The van der Waals surface area contributed by atoms with Crippen LogP contribution in [0.15, 0.2) is 53.5 Å². The van der Waals surface area contributed by atoms with Gasteiger partial charge in [-0.3, -0.25) is 4.79 Å². The third-order valence-electron chi connectivity index (χ3n) is 3.31. The van der Waals surface area contributed by atoms with Crippen LogP contribution in [0.4, 0.5) is 5.69 Å². The van der Waals surface area contributed by atoms with Crippen molar-refractivity contribution in [3.63, 3.8) is 0 Å². The minimum absolute atomic E-state index is 0.0441. The first-order valence-corrected chi connectivity index (χ1v) is 6.59. The molecule has 0 saturated heterocycles.